The van der Waals surface area contributed by atoms with E-state index in [2.05, 4.69) is 10.3 Å². The van der Waals surface area contributed by atoms with Crippen LogP contribution < -0.4 is 10.2 Å². The number of carbonyl (C=O) groups excluding carboxylic acids is 2. The lowest BCUT2D eigenvalue weighted by atomic mass is 10.0. The second kappa shape index (κ2) is 8.95. The van der Waals surface area contributed by atoms with Gasteiger partial charge in [0.25, 0.3) is 0 Å². The molecule has 9 heteroatoms. The van der Waals surface area contributed by atoms with Gasteiger partial charge in [-0.3, -0.25) is 14.5 Å². The summed E-state index contributed by atoms with van der Waals surface area (Å²) in [5, 5.41) is 2.52. The number of nitrogens with one attached hydrogen (secondary N) is 1. The molecular formula is C22H17F4N3O2. The molecule has 0 radical (unpaired) electrons. The number of hydrogen-bond donors (Lipinski definition) is 1. The normalized spacial score (nSPS) is 11.1. The fraction of sp³-hybridized carbons (Fsp3) is 0.136. The second-order valence-corrected chi connectivity index (χ2v) is 6.61. The van der Waals surface area contributed by atoms with Gasteiger partial charge in [-0.25, -0.2) is 9.37 Å². The number of aromatic nitrogens is 1. The number of anilines is 3. The Labute approximate surface area is 175 Å². The SMILES string of the molecule is CC(=O)N(c1ccc(F)cc1)c1cc(NC(=O)Cc2ccccc2C(F)(F)F)ccn1. The quantitative estimate of drug-likeness (QED) is 0.572. The Morgan fingerprint density at radius 2 is 1.71 bits per heavy atom. The number of pyridine rings is 1. The molecule has 0 fully saturated rings. The molecule has 160 valence electrons. The minimum absolute atomic E-state index is 0.154. The van der Waals surface area contributed by atoms with Gasteiger partial charge in [0, 0.05) is 24.9 Å². The van der Waals surface area contributed by atoms with Crippen LogP contribution in [-0.2, 0) is 22.2 Å². The van der Waals surface area contributed by atoms with Crippen molar-refractivity contribution in [3.63, 3.8) is 0 Å². The Hall–Kier alpha value is -3.75. The number of nitrogens with zero attached hydrogens (tertiary/aromatic N) is 2. The standard InChI is InChI=1S/C22H17F4N3O2/c1-14(30)29(18-8-6-16(23)7-9-18)20-13-17(10-11-27-20)28-21(31)12-15-4-2-3-5-19(15)22(24,25)26/h2-11,13H,12H2,1H3,(H,27,28,31). The summed E-state index contributed by atoms with van der Waals surface area (Å²) in [6.07, 6.45) is -3.71. The first kappa shape index (κ1) is 21.9. The molecule has 0 aliphatic rings. The zero-order valence-corrected chi connectivity index (χ0v) is 16.3. The average molecular weight is 431 g/mol. The topological polar surface area (TPSA) is 62.3 Å². The molecule has 1 N–H and O–H groups in total. The number of rotatable bonds is 5. The molecule has 0 aliphatic heterocycles. The molecule has 3 rings (SSSR count). The second-order valence-electron chi connectivity index (χ2n) is 6.61. The van der Waals surface area contributed by atoms with E-state index in [1.54, 1.807) is 0 Å². The van der Waals surface area contributed by atoms with E-state index >= 15 is 0 Å². The zero-order chi connectivity index (χ0) is 22.6. The summed E-state index contributed by atoms with van der Waals surface area (Å²) in [5.74, 6) is -1.38. The highest BCUT2D eigenvalue weighted by molar-refractivity contribution is 5.99. The third-order valence-electron chi connectivity index (χ3n) is 4.33. The Morgan fingerprint density at radius 1 is 1.03 bits per heavy atom. The first-order valence-corrected chi connectivity index (χ1v) is 9.12. The lowest BCUT2D eigenvalue weighted by Gasteiger charge is -2.21. The van der Waals surface area contributed by atoms with E-state index in [1.165, 1.54) is 72.6 Å². The van der Waals surface area contributed by atoms with Crippen molar-refractivity contribution < 1.29 is 27.2 Å². The molecule has 31 heavy (non-hydrogen) atoms. The van der Waals surface area contributed by atoms with Crippen LogP contribution in [0.5, 0.6) is 0 Å². The molecule has 0 unspecified atom stereocenters. The Kier molecular flexibility index (Phi) is 6.33. The predicted molar refractivity (Wildman–Crippen MR) is 107 cm³/mol. The van der Waals surface area contributed by atoms with Crippen molar-refractivity contribution in [2.75, 3.05) is 10.2 Å². The predicted octanol–water partition coefficient (Wildman–Crippen LogP) is 5.11. The van der Waals surface area contributed by atoms with Gasteiger partial charge in [0.2, 0.25) is 11.8 Å². The molecule has 0 aliphatic carbocycles. The number of alkyl halides is 3. The van der Waals surface area contributed by atoms with Gasteiger partial charge in [-0.15, -0.1) is 0 Å². The van der Waals surface area contributed by atoms with Crippen molar-refractivity contribution in [1.29, 1.82) is 0 Å². The van der Waals surface area contributed by atoms with E-state index in [0.29, 0.717) is 5.69 Å². The van der Waals surface area contributed by atoms with E-state index in [1.807, 2.05) is 0 Å². The monoisotopic (exact) mass is 431 g/mol. The number of benzene rings is 2. The summed E-state index contributed by atoms with van der Waals surface area (Å²) in [6.45, 7) is 1.30. The van der Waals surface area contributed by atoms with Crippen LogP contribution in [0.1, 0.15) is 18.1 Å². The molecule has 3 aromatic rings. The highest BCUT2D eigenvalue weighted by atomic mass is 19.4. The maximum atomic E-state index is 13.2. The van der Waals surface area contributed by atoms with Crippen LogP contribution in [0, 0.1) is 5.82 Å². The van der Waals surface area contributed by atoms with Gasteiger partial charge in [-0.05, 0) is 42.0 Å². The first-order valence-electron chi connectivity index (χ1n) is 9.12. The van der Waals surface area contributed by atoms with Crippen molar-refractivity contribution in [1.82, 2.24) is 4.98 Å². The van der Waals surface area contributed by atoms with Crippen LogP contribution in [0.15, 0.2) is 66.9 Å². The minimum atomic E-state index is -4.57. The van der Waals surface area contributed by atoms with Crippen LogP contribution >= 0.6 is 0 Å². The van der Waals surface area contributed by atoms with E-state index < -0.39 is 35.8 Å². The van der Waals surface area contributed by atoms with Crippen molar-refractivity contribution in [3.8, 4) is 0 Å². The third kappa shape index (κ3) is 5.44. The number of halogens is 4. The van der Waals surface area contributed by atoms with E-state index in [4.69, 9.17) is 0 Å². The average Bonchev–Trinajstić information content (AvgIpc) is 2.69. The van der Waals surface area contributed by atoms with E-state index in [9.17, 15) is 27.2 Å². The molecule has 0 spiro atoms. The molecule has 0 atom stereocenters. The Morgan fingerprint density at radius 3 is 2.35 bits per heavy atom. The molecule has 2 aromatic carbocycles. The van der Waals surface area contributed by atoms with Crippen LogP contribution in [0.2, 0.25) is 0 Å². The summed E-state index contributed by atoms with van der Waals surface area (Å²) in [4.78, 5) is 29.8. The maximum absolute atomic E-state index is 13.2. The minimum Gasteiger partial charge on any atom is -0.326 e. The molecule has 1 aromatic heterocycles. The van der Waals surface area contributed by atoms with E-state index in [0.717, 1.165) is 6.07 Å². The van der Waals surface area contributed by atoms with Crippen molar-refractivity contribution in [2.24, 2.45) is 0 Å². The molecule has 0 saturated heterocycles. The van der Waals surface area contributed by atoms with Crippen LogP contribution in [-0.4, -0.2) is 16.8 Å². The van der Waals surface area contributed by atoms with Gasteiger partial charge in [0.15, 0.2) is 0 Å². The Bertz CT molecular complexity index is 1100. The van der Waals surface area contributed by atoms with Gasteiger partial charge >= 0.3 is 6.18 Å². The molecule has 2 amide bonds. The fourth-order valence-electron chi connectivity index (χ4n) is 3.01. The first-order chi connectivity index (χ1) is 14.6. The van der Waals surface area contributed by atoms with Gasteiger partial charge < -0.3 is 5.32 Å². The summed E-state index contributed by atoms with van der Waals surface area (Å²) in [5.41, 5.74) is -0.421. The smallest absolute Gasteiger partial charge is 0.326 e. The lowest BCUT2D eigenvalue weighted by molar-refractivity contribution is -0.138. The molecule has 5 nitrogen and oxygen atoms in total. The van der Waals surface area contributed by atoms with Crippen molar-refractivity contribution in [2.45, 2.75) is 19.5 Å². The van der Waals surface area contributed by atoms with Crippen LogP contribution in [0.4, 0.5) is 34.8 Å². The zero-order valence-electron chi connectivity index (χ0n) is 16.3. The van der Waals surface area contributed by atoms with E-state index in [-0.39, 0.29) is 17.1 Å². The van der Waals surface area contributed by atoms with Crippen molar-refractivity contribution in [3.05, 3.63) is 83.8 Å². The van der Waals surface area contributed by atoms with Gasteiger partial charge in [-0.2, -0.15) is 13.2 Å². The number of amides is 2. The summed E-state index contributed by atoms with van der Waals surface area (Å²) >= 11 is 0. The van der Waals surface area contributed by atoms with Gasteiger partial charge in [-0.1, -0.05) is 18.2 Å². The number of hydrogen-bond acceptors (Lipinski definition) is 3. The van der Waals surface area contributed by atoms with Crippen LogP contribution in [0.25, 0.3) is 0 Å². The number of carbonyl (C=O) groups is 2. The third-order valence-corrected chi connectivity index (χ3v) is 4.33. The highest BCUT2D eigenvalue weighted by Gasteiger charge is 2.33. The molecule has 0 bridgehead atoms. The highest BCUT2D eigenvalue weighted by Crippen LogP contribution is 2.32. The summed E-state index contributed by atoms with van der Waals surface area (Å²) in [6, 6.07) is 12.9. The maximum Gasteiger partial charge on any atom is 0.416 e. The Balaban J connectivity index is 1.81. The van der Waals surface area contributed by atoms with Crippen LogP contribution in [0.3, 0.4) is 0 Å². The van der Waals surface area contributed by atoms with Crippen molar-refractivity contribution >= 4 is 29.0 Å². The molecule has 1 heterocycles. The van der Waals surface area contributed by atoms with Gasteiger partial charge in [0.05, 0.1) is 17.7 Å². The summed E-state index contributed by atoms with van der Waals surface area (Å²) in [7, 11) is 0. The lowest BCUT2D eigenvalue weighted by Crippen LogP contribution is -2.24. The van der Waals surface area contributed by atoms with Gasteiger partial charge in [0.1, 0.15) is 11.6 Å². The largest absolute Gasteiger partial charge is 0.416 e. The molecular weight excluding hydrogens is 414 g/mol. The fourth-order valence-corrected chi connectivity index (χ4v) is 3.01. The summed E-state index contributed by atoms with van der Waals surface area (Å²) < 4.78 is 52.6. The molecule has 0 saturated carbocycles.